The number of allylic oxidation sites excluding steroid dienone is 1. The molecular formula is C29H32N6O4. The highest BCUT2D eigenvalue weighted by atomic mass is 16.5. The molecule has 0 bridgehead atoms. The van der Waals surface area contributed by atoms with Crippen molar-refractivity contribution in [2.45, 2.75) is 64.8 Å². The van der Waals surface area contributed by atoms with Gasteiger partial charge in [0.25, 0.3) is 0 Å². The number of ether oxygens (including phenoxy) is 1. The van der Waals surface area contributed by atoms with Crippen LogP contribution in [0.1, 0.15) is 44.5 Å². The number of aromatic nitrogens is 5. The maximum absolute atomic E-state index is 11.8. The summed E-state index contributed by atoms with van der Waals surface area (Å²) in [5, 5.41) is 20.4. The maximum Gasteiger partial charge on any atom is 0.439 e. The third kappa shape index (κ3) is 4.70. The van der Waals surface area contributed by atoms with Gasteiger partial charge in [-0.2, -0.15) is 10.1 Å². The van der Waals surface area contributed by atoms with E-state index in [9.17, 15) is 9.90 Å². The number of benzene rings is 2. The maximum atomic E-state index is 11.8. The molecule has 39 heavy (non-hydrogen) atoms. The topological polar surface area (TPSA) is 122 Å². The Bertz CT molecular complexity index is 1570. The van der Waals surface area contributed by atoms with E-state index in [4.69, 9.17) is 19.3 Å². The van der Waals surface area contributed by atoms with Gasteiger partial charge >= 0.3 is 5.76 Å². The predicted octanol–water partition coefficient (Wildman–Crippen LogP) is 4.17. The quantitative estimate of drug-likeness (QED) is 0.367. The predicted molar refractivity (Wildman–Crippen MR) is 147 cm³/mol. The van der Waals surface area contributed by atoms with E-state index in [2.05, 4.69) is 48.3 Å². The molecule has 2 N–H and O–H groups in total. The Kier molecular flexibility index (Phi) is 6.66. The van der Waals surface area contributed by atoms with Gasteiger partial charge in [-0.25, -0.2) is 9.48 Å². The number of hydrogen-bond acceptors (Lipinski definition) is 8. The van der Waals surface area contributed by atoms with Crippen LogP contribution in [0.25, 0.3) is 28.2 Å². The molecule has 2 aliphatic heterocycles. The van der Waals surface area contributed by atoms with Gasteiger partial charge in [0, 0.05) is 16.8 Å². The van der Waals surface area contributed by atoms with Crippen molar-refractivity contribution >= 4 is 11.6 Å². The Morgan fingerprint density at radius 1 is 1.13 bits per heavy atom. The fourth-order valence-electron chi connectivity index (χ4n) is 5.67. The molecule has 3 atom stereocenters. The third-order valence-corrected chi connectivity index (χ3v) is 7.47. The highest BCUT2D eigenvalue weighted by Gasteiger charge is 2.40. The van der Waals surface area contributed by atoms with E-state index in [1.54, 1.807) is 0 Å². The molecule has 3 unspecified atom stereocenters. The van der Waals surface area contributed by atoms with E-state index in [1.807, 2.05) is 40.8 Å². The largest absolute Gasteiger partial charge is 0.439 e. The second-order valence-electron chi connectivity index (χ2n) is 10.3. The fourth-order valence-corrected chi connectivity index (χ4v) is 5.67. The first-order chi connectivity index (χ1) is 18.9. The molecule has 0 saturated carbocycles. The minimum atomic E-state index is -0.814. The molecule has 2 aliphatic rings. The van der Waals surface area contributed by atoms with Crippen molar-refractivity contribution in [3.63, 3.8) is 0 Å². The van der Waals surface area contributed by atoms with Crippen LogP contribution in [0.2, 0.25) is 0 Å². The highest BCUT2D eigenvalue weighted by molar-refractivity contribution is 5.80. The number of hydrogen-bond donors (Lipinski definition) is 2. The number of aromatic amines is 1. The number of aryl methyl sites for hydroxylation is 1. The Morgan fingerprint density at radius 3 is 2.56 bits per heavy atom. The molecule has 0 amide bonds. The molecule has 6 rings (SSSR count). The van der Waals surface area contributed by atoms with Crippen molar-refractivity contribution in [1.29, 1.82) is 0 Å². The summed E-state index contributed by atoms with van der Waals surface area (Å²) in [6, 6.07) is 16.0. The van der Waals surface area contributed by atoms with Gasteiger partial charge in [-0.15, -0.1) is 0 Å². The molecule has 0 aliphatic carbocycles. The first-order valence-corrected chi connectivity index (χ1v) is 13.4. The summed E-state index contributed by atoms with van der Waals surface area (Å²) in [5.41, 5.74) is 5.71. The third-order valence-electron chi connectivity index (χ3n) is 7.47. The van der Waals surface area contributed by atoms with Crippen molar-refractivity contribution in [3.05, 3.63) is 76.0 Å². The standard InChI is InChI=1S/C29H32N6O4/c1-4-7-25-24(27(36)34(21-14-17(2)38-16-21)28-30-18(3)32-35(25)28)15-19-10-12-20(13-11-19)22-8-5-6-9-23(22)26-31-29(37)39-33-26/h5-6,8-13,17,21,27,36H,4,7,14-16H2,1-3H3,(H,31,33,37). The lowest BCUT2D eigenvalue weighted by atomic mass is 9.94. The summed E-state index contributed by atoms with van der Waals surface area (Å²) in [6.45, 7) is 6.63. The zero-order valence-corrected chi connectivity index (χ0v) is 22.3. The number of aliphatic hydroxyl groups is 1. The monoisotopic (exact) mass is 528 g/mol. The zero-order valence-electron chi connectivity index (χ0n) is 22.3. The molecule has 202 valence electrons. The van der Waals surface area contributed by atoms with Crippen LogP contribution in [0.5, 0.6) is 0 Å². The van der Waals surface area contributed by atoms with E-state index >= 15 is 0 Å². The lowest BCUT2D eigenvalue weighted by molar-refractivity contribution is 0.118. The molecule has 0 radical (unpaired) electrons. The van der Waals surface area contributed by atoms with Crippen LogP contribution in [0.4, 0.5) is 5.95 Å². The van der Waals surface area contributed by atoms with Crippen LogP contribution >= 0.6 is 0 Å². The second kappa shape index (κ2) is 10.3. The minimum Gasteiger partial charge on any atom is -0.376 e. The van der Waals surface area contributed by atoms with Crippen LogP contribution in [-0.2, 0) is 11.2 Å². The average Bonchev–Trinajstić information content (AvgIpc) is 3.66. The molecule has 2 aromatic heterocycles. The van der Waals surface area contributed by atoms with Gasteiger partial charge < -0.3 is 14.7 Å². The summed E-state index contributed by atoms with van der Waals surface area (Å²) in [4.78, 5) is 20.8. The smallest absolute Gasteiger partial charge is 0.376 e. The van der Waals surface area contributed by atoms with E-state index in [-0.39, 0.29) is 12.1 Å². The van der Waals surface area contributed by atoms with Gasteiger partial charge in [-0.3, -0.25) is 9.51 Å². The van der Waals surface area contributed by atoms with Crippen molar-refractivity contribution < 1.29 is 14.4 Å². The van der Waals surface area contributed by atoms with Crippen LogP contribution in [0.15, 0.2) is 63.4 Å². The van der Waals surface area contributed by atoms with E-state index in [1.165, 1.54) is 0 Å². The van der Waals surface area contributed by atoms with Crippen LogP contribution < -0.4 is 10.7 Å². The highest BCUT2D eigenvalue weighted by Crippen LogP contribution is 2.38. The lowest BCUT2D eigenvalue weighted by Gasteiger charge is -2.39. The summed E-state index contributed by atoms with van der Waals surface area (Å²) in [6.07, 6.45) is 2.43. The van der Waals surface area contributed by atoms with Crippen molar-refractivity contribution in [2.75, 3.05) is 11.5 Å². The molecule has 1 saturated heterocycles. The van der Waals surface area contributed by atoms with Gasteiger partial charge in [-0.1, -0.05) is 67.0 Å². The first-order valence-electron chi connectivity index (χ1n) is 13.4. The average molecular weight is 529 g/mol. The Hall–Kier alpha value is -4.02. The fraction of sp³-hybridized carbons (Fsp3) is 0.379. The number of rotatable bonds is 7. The van der Waals surface area contributed by atoms with Gasteiger partial charge in [0.15, 0.2) is 12.1 Å². The summed E-state index contributed by atoms with van der Waals surface area (Å²) < 4.78 is 12.5. The molecule has 2 aromatic carbocycles. The summed E-state index contributed by atoms with van der Waals surface area (Å²) in [5.74, 6) is 1.17. The first kappa shape index (κ1) is 25.3. The van der Waals surface area contributed by atoms with E-state index in [0.29, 0.717) is 30.6 Å². The number of H-pyrrole nitrogens is 1. The number of anilines is 1. The number of nitrogens with zero attached hydrogens (tertiary/aromatic N) is 5. The lowest BCUT2D eigenvalue weighted by Crippen LogP contribution is -2.49. The normalized spacial score (nSPS) is 21.0. The summed E-state index contributed by atoms with van der Waals surface area (Å²) >= 11 is 0. The molecular weight excluding hydrogens is 496 g/mol. The Labute approximate surface area is 225 Å². The summed E-state index contributed by atoms with van der Waals surface area (Å²) in [7, 11) is 0. The minimum absolute atomic E-state index is 0.0253. The zero-order chi connectivity index (χ0) is 27.1. The van der Waals surface area contributed by atoms with Crippen molar-refractivity contribution in [3.8, 4) is 22.5 Å². The SMILES string of the molecule is CCCC1=C(Cc2ccc(-c3ccccc3-c3noc(=O)[nH]3)cc2)C(O)N(C2COC(C)C2)c2nc(C)nn21. The number of fused-ring (bicyclic) bond motifs is 1. The molecule has 4 heterocycles. The Morgan fingerprint density at radius 2 is 1.90 bits per heavy atom. The van der Waals surface area contributed by atoms with Gasteiger partial charge in [0.05, 0.1) is 18.8 Å². The van der Waals surface area contributed by atoms with Gasteiger partial charge in [0.2, 0.25) is 5.95 Å². The van der Waals surface area contributed by atoms with E-state index in [0.717, 1.165) is 52.8 Å². The van der Waals surface area contributed by atoms with Crippen molar-refractivity contribution in [1.82, 2.24) is 24.9 Å². The second-order valence-corrected chi connectivity index (χ2v) is 10.3. The van der Waals surface area contributed by atoms with E-state index < -0.39 is 12.0 Å². The number of aliphatic hydroxyl groups excluding tert-OH is 1. The molecule has 4 aromatic rings. The van der Waals surface area contributed by atoms with Crippen LogP contribution in [0, 0.1) is 6.92 Å². The van der Waals surface area contributed by atoms with Crippen LogP contribution in [-0.4, -0.2) is 55.0 Å². The van der Waals surface area contributed by atoms with Crippen molar-refractivity contribution in [2.24, 2.45) is 0 Å². The molecule has 0 spiro atoms. The van der Waals surface area contributed by atoms with Crippen LogP contribution in [0.3, 0.4) is 0 Å². The van der Waals surface area contributed by atoms with Gasteiger partial charge in [-0.05, 0) is 49.8 Å². The Balaban J connectivity index is 1.35. The molecule has 1 fully saturated rings. The molecule has 10 heteroatoms. The molecule has 10 nitrogen and oxygen atoms in total. The van der Waals surface area contributed by atoms with Gasteiger partial charge in [0.1, 0.15) is 5.82 Å². The number of nitrogens with one attached hydrogen (secondary N) is 1.